The Balaban J connectivity index is 2.05. The van der Waals surface area contributed by atoms with E-state index < -0.39 is 0 Å². The monoisotopic (exact) mass is 322 g/mol. The lowest BCUT2D eigenvalue weighted by atomic mass is 10.1. The van der Waals surface area contributed by atoms with Crippen LogP contribution in [0.1, 0.15) is 21.5 Å². The van der Waals surface area contributed by atoms with E-state index in [-0.39, 0.29) is 12.5 Å². The average molecular weight is 322 g/mol. The molecule has 1 amide bonds. The van der Waals surface area contributed by atoms with Crippen molar-refractivity contribution in [3.05, 3.63) is 59.2 Å². The molecule has 122 valence electrons. The van der Waals surface area contributed by atoms with Gasteiger partial charge >= 0.3 is 0 Å². The first-order valence-corrected chi connectivity index (χ1v) is 7.29. The quantitative estimate of drug-likeness (QED) is 0.505. The molecule has 0 bridgehead atoms. The van der Waals surface area contributed by atoms with Crippen molar-refractivity contribution in [3.63, 3.8) is 0 Å². The van der Waals surface area contributed by atoms with E-state index in [2.05, 4.69) is 16.4 Å². The summed E-state index contributed by atoms with van der Waals surface area (Å²) in [6.07, 6.45) is 6.70. The first kappa shape index (κ1) is 17.1. The Morgan fingerprint density at radius 2 is 2.08 bits per heavy atom. The molecule has 0 aliphatic rings. The predicted octanol–water partition coefficient (Wildman–Crippen LogP) is 2.78. The van der Waals surface area contributed by atoms with Crippen LogP contribution in [0, 0.1) is 19.3 Å². The van der Waals surface area contributed by atoms with Crippen molar-refractivity contribution >= 4 is 12.1 Å². The van der Waals surface area contributed by atoms with Crippen molar-refractivity contribution in [2.24, 2.45) is 5.10 Å². The highest BCUT2D eigenvalue weighted by molar-refractivity contribution is 5.96. The third-order valence-corrected chi connectivity index (χ3v) is 3.27. The van der Waals surface area contributed by atoms with Crippen LogP contribution >= 0.6 is 0 Å². The Bertz CT molecular complexity index is 791. The molecule has 0 saturated heterocycles. The summed E-state index contributed by atoms with van der Waals surface area (Å²) in [7, 11) is 1.54. The molecule has 0 aromatic heterocycles. The van der Waals surface area contributed by atoms with Crippen LogP contribution in [0.3, 0.4) is 0 Å². The van der Waals surface area contributed by atoms with E-state index in [1.54, 1.807) is 31.4 Å². The SMILES string of the molecule is C#CCOc1ccc(/C=N/NC(=O)c2ccccc2C)cc1OC. The minimum absolute atomic E-state index is 0.163. The lowest BCUT2D eigenvalue weighted by molar-refractivity contribution is 0.0954. The molecular weight excluding hydrogens is 304 g/mol. The van der Waals surface area contributed by atoms with Crippen LogP contribution in [0.4, 0.5) is 0 Å². The summed E-state index contributed by atoms with van der Waals surface area (Å²) in [6, 6.07) is 12.6. The number of nitrogens with one attached hydrogen (secondary N) is 1. The Morgan fingerprint density at radius 3 is 2.79 bits per heavy atom. The summed E-state index contributed by atoms with van der Waals surface area (Å²) in [5.74, 6) is 3.23. The van der Waals surface area contributed by atoms with Gasteiger partial charge in [-0.15, -0.1) is 6.42 Å². The second-order valence-corrected chi connectivity index (χ2v) is 4.92. The molecule has 1 N–H and O–H groups in total. The third-order valence-electron chi connectivity index (χ3n) is 3.27. The van der Waals surface area contributed by atoms with E-state index in [4.69, 9.17) is 15.9 Å². The normalized spacial score (nSPS) is 10.2. The number of carbonyl (C=O) groups is 1. The van der Waals surface area contributed by atoms with Gasteiger partial charge in [0.25, 0.3) is 5.91 Å². The number of aryl methyl sites for hydroxylation is 1. The third kappa shape index (κ3) is 4.37. The zero-order valence-corrected chi connectivity index (χ0v) is 13.6. The minimum atomic E-state index is -0.259. The zero-order chi connectivity index (χ0) is 17.4. The number of rotatable bonds is 6. The molecule has 0 unspecified atom stereocenters. The van der Waals surface area contributed by atoms with E-state index in [0.717, 1.165) is 11.1 Å². The standard InChI is InChI=1S/C19H18N2O3/c1-4-11-24-17-10-9-15(12-18(17)23-3)13-20-21-19(22)16-8-6-5-7-14(16)2/h1,5-10,12-13H,11H2,2-3H3,(H,21,22)/b20-13+. The van der Waals surface area contributed by atoms with E-state index in [1.165, 1.54) is 6.21 Å². The van der Waals surface area contributed by atoms with Gasteiger partial charge in [-0.1, -0.05) is 24.1 Å². The molecule has 0 spiro atoms. The van der Waals surface area contributed by atoms with Crippen LogP contribution in [0.15, 0.2) is 47.6 Å². The maximum Gasteiger partial charge on any atom is 0.271 e. The van der Waals surface area contributed by atoms with E-state index >= 15 is 0 Å². The fourth-order valence-corrected chi connectivity index (χ4v) is 2.06. The molecular formula is C19H18N2O3. The highest BCUT2D eigenvalue weighted by Gasteiger charge is 2.07. The molecule has 5 nitrogen and oxygen atoms in total. The van der Waals surface area contributed by atoms with Gasteiger partial charge in [0.05, 0.1) is 13.3 Å². The van der Waals surface area contributed by atoms with Crippen molar-refractivity contribution in [3.8, 4) is 23.8 Å². The molecule has 2 rings (SSSR count). The molecule has 0 aliphatic heterocycles. The number of benzene rings is 2. The second kappa shape index (κ2) is 8.39. The van der Waals surface area contributed by atoms with Crippen LogP contribution in [0.25, 0.3) is 0 Å². The van der Waals surface area contributed by atoms with Crippen molar-refractivity contribution < 1.29 is 14.3 Å². The average Bonchev–Trinajstić information content (AvgIpc) is 2.60. The molecule has 0 atom stereocenters. The Hall–Kier alpha value is -3.26. The Kier molecular flexibility index (Phi) is 5.98. The Morgan fingerprint density at radius 1 is 1.29 bits per heavy atom. The van der Waals surface area contributed by atoms with Crippen LogP contribution in [-0.2, 0) is 0 Å². The first-order valence-electron chi connectivity index (χ1n) is 7.29. The second-order valence-electron chi connectivity index (χ2n) is 4.92. The highest BCUT2D eigenvalue weighted by atomic mass is 16.5. The summed E-state index contributed by atoms with van der Waals surface area (Å²) in [5.41, 5.74) is 4.74. The van der Waals surface area contributed by atoms with Gasteiger partial charge in [0.15, 0.2) is 11.5 Å². The molecule has 0 heterocycles. The highest BCUT2D eigenvalue weighted by Crippen LogP contribution is 2.27. The van der Waals surface area contributed by atoms with Crippen LogP contribution in [-0.4, -0.2) is 25.8 Å². The summed E-state index contributed by atoms with van der Waals surface area (Å²) in [4.78, 5) is 12.1. The summed E-state index contributed by atoms with van der Waals surface area (Å²) in [6.45, 7) is 2.04. The van der Waals surface area contributed by atoms with Crippen molar-refractivity contribution in [2.45, 2.75) is 6.92 Å². The van der Waals surface area contributed by atoms with Gasteiger partial charge in [-0.3, -0.25) is 4.79 Å². The molecule has 5 heteroatoms. The number of methoxy groups -OCH3 is 1. The zero-order valence-electron chi connectivity index (χ0n) is 13.6. The molecule has 2 aromatic rings. The van der Waals surface area contributed by atoms with Crippen molar-refractivity contribution in [1.29, 1.82) is 0 Å². The van der Waals surface area contributed by atoms with Gasteiger partial charge in [-0.2, -0.15) is 5.10 Å². The first-order chi connectivity index (χ1) is 11.7. The predicted molar refractivity (Wildman–Crippen MR) is 93.6 cm³/mol. The maximum atomic E-state index is 12.1. The minimum Gasteiger partial charge on any atom is -0.493 e. The maximum absolute atomic E-state index is 12.1. The Labute approximate surface area is 141 Å². The lowest BCUT2D eigenvalue weighted by Gasteiger charge is -2.09. The van der Waals surface area contributed by atoms with E-state index in [0.29, 0.717) is 17.1 Å². The summed E-state index contributed by atoms with van der Waals surface area (Å²) in [5, 5.41) is 3.97. The fourth-order valence-electron chi connectivity index (χ4n) is 2.06. The summed E-state index contributed by atoms with van der Waals surface area (Å²) < 4.78 is 10.6. The number of hydrogen-bond acceptors (Lipinski definition) is 4. The summed E-state index contributed by atoms with van der Waals surface area (Å²) >= 11 is 0. The number of terminal acetylenes is 1. The largest absolute Gasteiger partial charge is 0.493 e. The van der Waals surface area contributed by atoms with Gasteiger partial charge in [0, 0.05) is 5.56 Å². The molecule has 0 fully saturated rings. The van der Waals surface area contributed by atoms with Gasteiger partial charge in [0.1, 0.15) is 6.61 Å². The van der Waals surface area contributed by atoms with Gasteiger partial charge in [-0.25, -0.2) is 5.43 Å². The number of nitrogens with zero attached hydrogens (tertiary/aromatic N) is 1. The van der Waals surface area contributed by atoms with Crippen LogP contribution in [0.5, 0.6) is 11.5 Å². The molecule has 24 heavy (non-hydrogen) atoms. The van der Waals surface area contributed by atoms with E-state index in [1.807, 2.05) is 25.1 Å². The number of hydrazone groups is 1. The number of hydrogen-bond donors (Lipinski definition) is 1. The van der Waals surface area contributed by atoms with Crippen molar-refractivity contribution in [1.82, 2.24) is 5.43 Å². The smallest absolute Gasteiger partial charge is 0.271 e. The fraction of sp³-hybridized carbons (Fsp3) is 0.158. The molecule has 0 saturated carbocycles. The van der Waals surface area contributed by atoms with E-state index in [9.17, 15) is 4.79 Å². The van der Waals surface area contributed by atoms with Gasteiger partial charge in [0.2, 0.25) is 0 Å². The van der Waals surface area contributed by atoms with Crippen molar-refractivity contribution in [2.75, 3.05) is 13.7 Å². The number of carbonyl (C=O) groups excluding carboxylic acids is 1. The molecule has 0 aliphatic carbocycles. The topological polar surface area (TPSA) is 59.9 Å². The molecule has 2 aromatic carbocycles. The van der Waals surface area contributed by atoms with Crippen LogP contribution in [0.2, 0.25) is 0 Å². The van der Waals surface area contributed by atoms with Crippen LogP contribution < -0.4 is 14.9 Å². The molecule has 0 radical (unpaired) electrons. The number of amides is 1. The number of ether oxygens (including phenoxy) is 2. The van der Waals surface area contributed by atoms with Gasteiger partial charge in [-0.05, 0) is 42.3 Å². The van der Waals surface area contributed by atoms with Gasteiger partial charge < -0.3 is 9.47 Å². The lowest BCUT2D eigenvalue weighted by Crippen LogP contribution is -2.18.